The molecule has 0 saturated carbocycles. The number of nitrogens with zero attached hydrogens (tertiary/aromatic N) is 1. The summed E-state index contributed by atoms with van der Waals surface area (Å²) in [5, 5.41) is 3.20. The van der Waals surface area contributed by atoms with E-state index in [0.717, 1.165) is 6.54 Å². The van der Waals surface area contributed by atoms with Crippen LogP contribution in [0, 0.1) is 5.92 Å². The number of ether oxygens (including phenoxy) is 1. The average molecular weight is 301 g/mol. The molecular weight excluding hydrogens is 284 g/mol. The van der Waals surface area contributed by atoms with E-state index in [0.29, 0.717) is 28.5 Å². The molecule has 5 heteroatoms. The number of aromatic nitrogens is 1. The lowest BCUT2D eigenvalue weighted by Gasteiger charge is -2.12. The van der Waals surface area contributed by atoms with Crippen molar-refractivity contribution in [1.29, 1.82) is 0 Å². The predicted molar refractivity (Wildman–Crippen MR) is 71.2 cm³/mol. The van der Waals surface area contributed by atoms with Gasteiger partial charge in [0.1, 0.15) is 4.60 Å². The number of carbonyl (C=O) groups excluding carboxylic acids is 1. The van der Waals surface area contributed by atoms with Gasteiger partial charge in [-0.15, -0.1) is 0 Å². The van der Waals surface area contributed by atoms with Gasteiger partial charge in [-0.05, 0) is 40.9 Å². The van der Waals surface area contributed by atoms with Gasteiger partial charge < -0.3 is 10.1 Å². The van der Waals surface area contributed by atoms with Gasteiger partial charge in [-0.25, -0.2) is 9.78 Å². The number of nitrogens with one attached hydrogen (secondary N) is 1. The van der Waals surface area contributed by atoms with Crippen LogP contribution in [0.1, 0.15) is 31.3 Å². The second-order valence-corrected chi connectivity index (χ2v) is 4.84. The number of halogens is 1. The Bertz CT molecular complexity index is 394. The first-order chi connectivity index (χ1) is 8.04. The van der Waals surface area contributed by atoms with Crippen molar-refractivity contribution in [2.24, 2.45) is 5.92 Å². The highest BCUT2D eigenvalue weighted by Gasteiger charge is 2.15. The van der Waals surface area contributed by atoms with Gasteiger partial charge in [0.05, 0.1) is 12.3 Å². The molecule has 0 aliphatic rings. The quantitative estimate of drug-likeness (QED) is 0.671. The molecule has 0 aliphatic carbocycles. The van der Waals surface area contributed by atoms with Crippen LogP contribution in [-0.4, -0.2) is 24.1 Å². The van der Waals surface area contributed by atoms with Gasteiger partial charge in [0.25, 0.3) is 0 Å². The predicted octanol–water partition coefficient (Wildman–Crippen LogP) is 3.09. The van der Waals surface area contributed by atoms with Gasteiger partial charge in [0, 0.05) is 6.54 Å². The average Bonchev–Trinajstić information content (AvgIpc) is 2.27. The maximum Gasteiger partial charge on any atom is 0.359 e. The molecule has 4 nitrogen and oxygen atoms in total. The lowest BCUT2D eigenvalue weighted by Crippen LogP contribution is -2.15. The lowest BCUT2D eigenvalue weighted by molar-refractivity contribution is 0.0520. The van der Waals surface area contributed by atoms with Crippen LogP contribution in [0.5, 0.6) is 0 Å². The highest BCUT2D eigenvalue weighted by atomic mass is 79.9. The van der Waals surface area contributed by atoms with Crippen molar-refractivity contribution in [1.82, 2.24) is 4.98 Å². The molecule has 94 valence electrons. The number of esters is 1. The summed E-state index contributed by atoms with van der Waals surface area (Å²) < 4.78 is 5.59. The van der Waals surface area contributed by atoms with Crippen molar-refractivity contribution in [2.75, 3.05) is 18.5 Å². The Labute approximate surface area is 110 Å². The highest BCUT2D eigenvalue weighted by molar-refractivity contribution is 9.10. The van der Waals surface area contributed by atoms with E-state index >= 15 is 0 Å². The molecule has 0 saturated heterocycles. The minimum absolute atomic E-state index is 0.321. The summed E-state index contributed by atoms with van der Waals surface area (Å²) in [7, 11) is 0. The SMILES string of the molecule is CCOC(=O)c1nc(Br)ccc1NCC(C)C. The number of hydrogen-bond donors (Lipinski definition) is 1. The molecule has 17 heavy (non-hydrogen) atoms. The fourth-order valence-electron chi connectivity index (χ4n) is 1.25. The van der Waals surface area contributed by atoms with Gasteiger partial charge in [0.15, 0.2) is 5.69 Å². The van der Waals surface area contributed by atoms with Crippen molar-refractivity contribution in [2.45, 2.75) is 20.8 Å². The lowest BCUT2D eigenvalue weighted by atomic mass is 10.2. The molecule has 0 unspecified atom stereocenters. The Kier molecular flexibility index (Phi) is 5.41. The molecule has 1 N–H and O–H groups in total. The van der Waals surface area contributed by atoms with Gasteiger partial charge in [0.2, 0.25) is 0 Å². The Morgan fingerprint density at radius 1 is 1.53 bits per heavy atom. The maximum absolute atomic E-state index is 11.7. The first-order valence-electron chi connectivity index (χ1n) is 5.62. The molecule has 0 aromatic carbocycles. The molecule has 0 fully saturated rings. The van der Waals surface area contributed by atoms with Crippen LogP contribution in [0.4, 0.5) is 5.69 Å². The van der Waals surface area contributed by atoms with Crippen LogP contribution in [0.3, 0.4) is 0 Å². The molecule has 1 heterocycles. The number of rotatable bonds is 5. The molecule has 0 amide bonds. The van der Waals surface area contributed by atoms with Crippen LogP contribution < -0.4 is 5.32 Å². The van der Waals surface area contributed by atoms with E-state index in [2.05, 4.69) is 40.1 Å². The van der Waals surface area contributed by atoms with E-state index < -0.39 is 5.97 Å². The standard InChI is InChI=1S/C12H17BrN2O2/c1-4-17-12(16)11-9(14-7-8(2)3)5-6-10(13)15-11/h5-6,8,14H,4,7H2,1-3H3. The van der Waals surface area contributed by atoms with Gasteiger partial charge in [-0.1, -0.05) is 13.8 Å². The second-order valence-electron chi connectivity index (χ2n) is 4.03. The van der Waals surface area contributed by atoms with E-state index in [1.165, 1.54) is 0 Å². The van der Waals surface area contributed by atoms with E-state index in [-0.39, 0.29) is 0 Å². The molecule has 0 bridgehead atoms. The first-order valence-corrected chi connectivity index (χ1v) is 6.41. The van der Waals surface area contributed by atoms with Crippen molar-refractivity contribution in [3.8, 4) is 0 Å². The first kappa shape index (κ1) is 14.0. The summed E-state index contributed by atoms with van der Waals surface area (Å²) in [5.41, 5.74) is 1.03. The van der Waals surface area contributed by atoms with Gasteiger partial charge in [-0.3, -0.25) is 0 Å². The van der Waals surface area contributed by atoms with Crippen LogP contribution in [0.2, 0.25) is 0 Å². The fraction of sp³-hybridized carbons (Fsp3) is 0.500. The van der Waals surface area contributed by atoms with Crippen LogP contribution >= 0.6 is 15.9 Å². The topological polar surface area (TPSA) is 51.2 Å². The number of carbonyl (C=O) groups is 1. The van der Waals surface area contributed by atoms with Crippen LogP contribution in [0.25, 0.3) is 0 Å². The van der Waals surface area contributed by atoms with Crippen molar-refractivity contribution < 1.29 is 9.53 Å². The van der Waals surface area contributed by atoms with Crippen molar-refractivity contribution in [3.63, 3.8) is 0 Å². The third-order valence-electron chi connectivity index (χ3n) is 2.03. The minimum Gasteiger partial charge on any atom is -0.461 e. The van der Waals surface area contributed by atoms with Crippen LogP contribution in [-0.2, 0) is 4.74 Å². The Hall–Kier alpha value is -1.10. The number of hydrogen-bond acceptors (Lipinski definition) is 4. The molecule has 1 rings (SSSR count). The van der Waals surface area contributed by atoms with Crippen LogP contribution in [0.15, 0.2) is 16.7 Å². The molecule has 0 radical (unpaired) electrons. The fourth-order valence-corrected chi connectivity index (χ4v) is 1.56. The molecular formula is C12H17BrN2O2. The van der Waals surface area contributed by atoms with Gasteiger partial charge >= 0.3 is 5.97 Å². The zero-order chi connectivity index (χ0) is 12.8. The molecule has 0 aliphatic heterocycles. The summed E-state index contributed by atoms with van der Waals surface area (Å²) in [6.07, 6.45) is 0. The Balaban J connectivity index is 2.91. The normalized spacial score (nSPS) is 10.4. The molecule has 1 aromatic rings. The van der Waals surface area contributed by atoms with Gasteiger partial charge in [-0.2, -0.15) is 0 Å². The zero-order valence-corrected chi connectivity index (χ0v) is 11.9. The largest absolute Gasteiger partial charge is 0.461 e. The third kappa shape index (κ3) is 4.34. The monoisotopic (exact) mass is 300 g/mol. The molecule has 1 aromatic heterocycles. The second kappa shape index (κ2) is 6.59. The van der Waals surface area contributed by atoms with E-state index in [1.807, 2.05) is 6.07 Å². The number of anilines is 1. The summed E-state index contributed by atoms with van der Waals surface area (Å²) in [6.45, 7) is 7.11. The third-order valence-corrected chi connectivity index (χ3v) is 2.47. The van der Waals surface area contributed by atoms with Crippen molar-refractivity contribution >= 4 is 27.6 Å². The number of pyridine rings is 1. The maximum atomic E-state index is 11.7. The summed E-state index contributed by atoms with van der Waals surface area (Å²) in [4.78, 5) is 15.9. The highest BCUT2D eigenvalue weighted by Crippen LogP contribution is 2.18. The summed E-state index contributed by atoms with van der Waals surface area (Å²) >= 11 is 3.25. The van der Waals surface area contributed by atoms with E-state index in [1.54, 1.807) is 13.0 Å². The Morgan fingerprint density at radius 2 is 2.24 bits per heavy atom. The van der Waals surface area contributed by atoms with E-state index in [4.69, 9.17) is 4.74 Å². The zero-order valence-electron chi connectivity index (χ0n) is 10.3. The molecule has 0 spiro atoms. The van der Waals surface area contributed by atoms with Crippen molar-refractivity contribution in [3.05, 3.63) is 22.4 Å². The molecule has 0 atom stereocenters. The minimum atomic E-state index is -0.403. The smallest absolute Gasteiger partial charge is 0.359 e. The summed E-state index contributed by atoms with van der Waals surface area (Å²) in [5.74, 6) is 0.0914. The summed E-state index contributed by atoms with van der Waals surface area (Å²) in [6, 6.07) is 3.62. The Morgan fingerprint density at radius 3 is 2.82 bits per heavy atom. The van der Waals surface area contributed by atoms with E-state index in [9.17, 15) is 4.79 Å².